The maximum Gasteiger partial charge on any atom is 0.0597 e. The molecule has 2 nitrogen and oxygen atoms in total. The van der Waals surface area contributed by atoms with E-state index in [0.29, 0.717) is 0 Å². The molecule has 17 heavy (non-hydrogen) atoms. The number of aromatic nitrogens is 1. The van der Waals surface area contributed by atoms with Crippen LogP contribution in [0.25, 0.3) is 0 Å². The molecule has 0 amide bonds. The maximum absolute atomic E-state index is 4.47. The topological polar surface area (TPSA) is 24.9 Å². The number of nitrogens with one attached hydrogen (secondary N) is 1. The van der Waals surface area contributed by atoms with E-state index in [1.165, 1.54) is 5.56 Å². The summed E-state index contributed by atoms with van der Waals surface area (Å²) in [5.74, 6) is 0. The van der Waals surface area contributed by atoms with Crippen molar-refractivity contribution in [3.8, 4) is 0 Å². The number of rotatable bonds is 3. The fourth-order valence-electron chi connectivity index (χ4n) is 1.67. The summed E-state index contributed by atoms with van der Waals surface area (Å²) < 4.78 is 1.09. The lowest BCUT2D eigenvalue weighted by Crippen LogP contribution is -2.03. The van der Waals surface area contributed by atoms with Gasteiger partial charge in [0, 0.05) is 15.9 Å². The minimum atomic E-state index is 0.749. The Balaban J connectivity index is 2.09. The molecular weight excluding hydrogens is 276 g/mol. The summed E-state index contributed by atoms with van der Waals surface area (Å²) in [6.07, 6.45) is 0. The highest BCUT2D eigenvalue weighted by Gasteiger charge is 2.00. The van der Waals surface area contributed by atoms with E-state index in [2.05, 4.69) is 45.3 Å². The van der Waals surface area contributed by atoms with E-state index in [1.807, 2.05) is 31.2 Å². The molecule has 0 saturated heterocycles. The second-order valence-corrected chi connectivity index (χ2v) is 5.00. The molecule has 0 unspecified atom stereocenters. The van der Waals surface area contributed by atoms with Gasteiger partial charge in [-0.3, -0.25) is 4.98 Å². The van der Waals surface area contributed by atoms with Crippen LogP contribution in [0, 0.1) is 13.8 Å². The maximum atomic E-state index is 4.47. The Bertz CT molecular complexity index is 523. The van der Waals surface area contributed by atoms with Crippen molar-refractivity contribution in [3.63, 3.8) is 0 Å². The minimum Gasteiger partial charge on any atom is -0.379 e. The molecule has 0 aliphatic carbocycles. The zero-order valence-electron chi connectivity index (χ0n) is 10.00. The average Bonchev–Trinajstić information content (AvgIpc) is 2.30. The monoisotopic (exact) mass is 290 g/mol. The molecule has 0 aliphatic rings. The third-order valence-corrected chi connectivity index (χ3v) is 3.10. The molecule has 1 aromatic carbocycles. The van der Waals surface area contributed by atoms with E-state index in [-0.39, 0.29) is 0 Å². The van der Waals surface area contributed by atoms with Crippen LogP contribution >= 0.6 is 15.9 Å². The second-order valence-electron chi connectivity index (χ2n) is 4.08. The van der Waals surface area contributed by atoms with Gasteiger partial charge in [-0.2, -0.15) is 0 Å². The van der Waals surface area contributed by atoms with Crippen LogP contribution in [0.4, 0.5) is 5.69 Å². The molecule has 0 spiro atoms. The number of halogens is 1. The first kappa shape index (κ1) is 12.1. The number of hydrogen-bond acceptors (Lipinski definition) is 2. The van der Waals surface area contributed by atoms with E-state index in [0.717, 1.165) is 28.1 Å². The van der Waals surface area contributed by atoms with Crippen molar-refractivity contribution in [1.82, 2.24) is 4.98 Å². The van der Waals surface area contributed by atoms with Gasteiger partial charge in [-0.25, -0.2) is 0 Å². The van der Waals surface area contributed by atoms with E-state index in [1.54, 1.807) is 0 Å². The first-order valence-corrected chi connectivity index (χ1v) is 6.37. The molecule has 1 N–H and O–H groups in total. The zero-order chi connectivity index (χ0) is 12.3. The fourth-order valence-corrected chi connectivity index (χ4v) is 2.03. The van der Waals surface area contributed by atoms with Gasteiger partial charge in [0.05, 0.1) is 12.2 Å². The number of nitrogens with zero attached hydrogens (tertiary/aromatic N) is 1. The third kappa shape index (κ3) is 3.30. The van der Waals surface area contributed by atoms with Gasteiger partial charge in [-0.05, 0) is 43.7 Å². The molecule has 0 saturated carbocycles. The Hall–Kier alpha value is -1.35. The SMILES string of the molecule is Cc1cccc(CNc2cc(Br)ccc2C)n1. The zero-order valence-corrected chi connectivity index (χ0v) is 11.6. The molecule has 1 aromatic heterocycles. The van der Waals surface area contributed by atoms with Crippen molar-refractivity contribution >= 4 is 21.6 Å². The van der Waals surface area contributed by atoms with Gasteiger partial charge < -0.3 is 5.32 Å². The summed E-state index contributed by atoms with van der Waals surface area (Å²) in [6.45, 7) is 4.85. The van der Waals surface area contributed by atoms with Gasteiger partial charge >= 0.3 is 0 Å². The Morgan fingerprint density at radius 3 is 2.76 bits per heavy atom. The predicted octanol–water partition coefficient (Wildman–Crippen LogP) is 4.07. The van der Waals surface area contributed by atoms with Crippen LogP contribution in [0.2, 0.25) is 0 Å². The van der Waals surface area contributed by atoms with Crippen molar-refractivity contribution in [1.29, 1.82) is 0 Å². The Morgan fingerprint density at radius 1 is 1.18 bits per heavy atom. The summed E-state index contributed by atoms with van der Waals surface area (Å²) in [7, 11) is 0. The van der Waals surface area contributed by atoms with Crippen LogP contribution in [-0.2, 0) is 6.54 Å². The number of pyridine rings is 1. The molecule has 2 aromatic rings. The third-order valence-electron chi connectivity index (χ3n) is 2.61. The molecule has 1 heterocycles. The largest absolute Gasteiger partial charge is 0.379 e. The lowest BCUT2D eigenvalue weighted by molar-refractivity contribution is 1.01. The molecule has 3 heteroatoms. The summed E-state index contributed by atoms with van der Waals surface area (Å²) in [6, 6.07) is 12.3. The minimum absolute atomic E-state index is 0.749. The normalized spacial score (nSPS) is 10.3. The highest BCUT2D eigenvalue weighted by molar-refractivity contribution is 9.10. The van der Waals surface area contributed by atoms with Gasteiger partial charge in [0.2, 0.25) is 0 Å². The second kappa shape index (κ2) is 5.32. The van der Waals surface area contributed by atoms with Crippen molar-refractivity contribution in [3.05, 3.63) is 57.8 Å². The lowest BCUT2D eigenvalue weighted by atomic mass is 10.2. The van der Waals surface area contributed by atoms with Gasteiger partial charge in [0.15, 0.2) is 0 Å². The summed E-state index contributed by atoms with van der Waals surface area (Å²) in [5.41, 5.74) is 4.49. The standard InChI is InChI=1S/C14H15BrN2/c1-10-6-7-12(15)8-14(10)16-9-13-5-3-4-11(2)17-13/h3-8,16H,9H2,1-2H3. The molecule has 2 rings (SSSR count). The highest BCUT2D eigenvalue weighted by Crippen LogP contribution is 2.21. The fraction of sp³-hybridized carbons (Fsp3) is 0.214. The smallest absolute Gasteiger partial charge is 0.0597 e. The molecule has 0 atom stereocenters. The van der Waals surface area contributed by atoms with Crippen LogP contribution in [0.3, 0.4) is 0 Å². The predicted molar refractivity (Wildman–Crippen MR) is 75.2 cm³/mol. The van der Waals surface area contributed by atoms with Crippen molar-refractivity contribution in [2.24, 2.45) is 0 Å². The van der Waals surface area contributed by atoms with Crippen LogP contribution in [0.5, 0.6) is 0 Å². The summed E-state index contributed by atoms with van der Waals surface area (Å²) in [4.78, 5) is 4.47. The van der Waals surface area contributed by atoms with Crippen molar-refractivity contribution < 1.29 is 0 Å². The average molecular weight is 291 g/mol. The molecular formula is C14H15BrN2. The molecule has 0 radical (unpaired) electrons. The van der Waals surface area contributed by atoms with Crippen LogP contribution < -0.4 is 5.32 Å². The first-order valence-electron chi connectivity index (χ1n) is 5.58. The van der Waals surface area contributed by atoms with Gasteiger partial charge in [0.25, 0.3) is 0 Å². The quantitative estimate of drug-likeness (QED) is 0.922. The van der Waals surface area contributed by atoms with Gasteiger partial charge in [-0.15, -0.1) is 0 Å². The number of aryl methyl sites for hydroxylation is 2. The highest BCUT2D eigenvalue weighted by atomic mass is 79.9. The van der Waals surface area contributed by atoms with E-state index < -0.39 is 0 Å². The van der Waals surface area contributed by atoms with Crippen LogP contribution in [0.1, 0.15) is 17.0 Å². The summed E-state index contributed by atoms with van der Waals surface area (Å²) >= 11 is 3.48. The number of anilines is 1. The van der Waals surface area contributed by atoms with Crippen LogP contribution in [-0.4, -0.2) is 4.98 Å². The van der Waals surface area contributed by atoms with Crippen molar-refractivity contribution in [2.45, 2.75) is 20.4 Å². The first-order chi connectivity index (χ1) is 8.15. The van der Waals surface area contributed by atoms with Gasteiger partial charge in [0.1, 0.15) is 0 Å². The van der Waals surface area contributed by atoms with Crippen molar-refractivity contribution in [2.75, 3.05) is 5.32 Å². The van der Waals surface area contributed by atoms with E-state index in [9.17, 15) is 0 Å². The lowest BCUT2D eigenvalue weighted by Gasteiger charge is -2.10. The molecule has 0 aliphatic heterocycles. The van der Waals surface area contributed by atoms with E-state index in [4.69, 9.17) is 0 Å². The molecule has 0 bridgehead atoms. The number of hydrogen-bond donors (Lipinski definition) is 1. The Kier molecular flexibility index (Phi) is 3.79. The van der Waals surface area contributed by atoms with Crippen LogP contribution in [0.15, 0.2) is 40.9 Å². The number of benzene rings is 1. The molecule has 88 valence electrons. The Morgan fingerprint density at radius 2 is 2.00 bits per heavy atom. The Labute approximate surface area is 110 Å². The van der Waals surface area contributed by atoms with E-state index >= 15 is 0 Å². The van der Waals surface area contributed by atoms with Gasteiger partial charge in [-0.1, -0.05) is 28.1 Å². The summed E-state index contributed by atoms with van der Waals surface area (Å²) in [5, 5.41) is 3.40. The molecule has 0 fully saturated rings.